The van der Waals surface area contributed by atoms with Crippen LogP contribution >= 0.6 is 0 Å². The fourth-order valence-corrected chi connectivity index (χ4v) is 3.04. The minimum Gasteiger partial charge on any atom is -0.333 e. The summed E-state index contributed by atoms with van der Waals surface area (Å²) in [7, 11) is 0. The Balaban J connectivity index is 1.92. The second-order valence-corrected chi connectivity index (χ2v) is 6.02. The average molecular weight is 298 g/mol. The van der Waals surface area contributed by atoms with Gasteiger partial charge in [-0.05, 0) is 51.7 Å². The Morgan fingerprint density at radius 3 is 2.73 bits per heavy atom. The molecule has 0 bridgehead atoms. The van der Waals surface area contributed by atoms with E-state index in [0.29, 0.717) is 5.82 Å². The number of benzene rings is 1. The fourth-order valence-electron chi connectivity index (χ4n) is 3.04. The maximum atomic E-state index is 12.7. The van der Waals surface area contributed by atoms with Gasteiger partial charge in [0.25, 0.3) is 5.91 Å². The normalized spacial score (nSPS) is 18.5. The highest BCUT2D eigenvalue weighted by Gasteiger charge is 2.27. The average Bonchev–Trinajstić information content (AvgIpc) is 2.89. The van der Waals surface area contributed by atoms with Crippen LogP contribution in [0.4, 0.5) is 0 Å². The quantitative estimate of drug-likeness (QED) is 0.856. The summed E-state index contributed by atoms with van der Waals surface area (Å²) < 4.78 is 1.76. The van der Waals surface area contributed by atoms with Gasteiger partial charge >= 0.3 is 0 Å². The Bertz CT molecular complexity index is 692. The molecule has 0 radical (unpaired) electrons. The van der Waals surface area contributed by atoms with Gasteiger partial charge in [0.2, 0.25) is 5.82 Å². The predicted molar refractivity (Wildman–Crippen MR) is 85.2 cm³/mol. The third kappa shape index (κ3) is 2.63. The van der Waals surface area contributed by atoms with E-state index in [-0.39, 0.29) is 11.9 Å². The zero-order valence-electron chi connectivity index (χ0n) is 13.4. The zero-order valence-corrected chi connectivity index (χ0v) is 13.4. The van der Waals surface area contributed by atoms with Crippen molar-refractivity contribution in [2.24, 2.45) is 0 Å². The van der Waals surface area contributed by atoms with Crippen LogP contribution < -0.4 is 0 Å². The van der Waals surface area contributed by atoms with Gasteiger partial charge in [-0.15, -0.1) is 5.10 Å². The van der Waals surface area contributed by atoms with Crippen LogP contribution in [0.3, 0.4) is 0 Å². The van der Waals surface area contributed by atoms with Gasteiger partial charge in [0, 0.05) is 12.6 Å². The highest BCUT2D eigenvalue weighted by atomic mass is 16.2. The van der Waals surface area contributed by atoms with Crippen LogP contribution in [0, 0.1) is 13.8 Å². The van der Waals surface area contributed by atoms with Gasteiger partial charge in [-0.3, -0.25) is 4.79 Å². The number of para-hydroxylation sites is 1. The molecule has 1 fully saturated rings. The first-order chi connectivity index (χ1) is 10.6. The number of aryl methyl sites for hydroxylation is 2. The molecule has 0 spiro atoms. The molecule has 1 aromatic carbocycles. The van der Waals surface area contributed by atoms with E-state index in [9.17, 15) is 4.79 Å². The van der Waals surface area contributed by atoms with E-state index >= 15 is 0 Å². The lowest BCUT2D eigenvalue weighted by atomic mass is 10.0. The van der Waals surface area contributed by atoms with Gasteiger partial charge in [-0.1, -0.05) is 18.2 Å². The van der Waals surface area contributed by atoms with Crippen LogP contribution in [0.5, 0.6) is 0 Å². The highest BCUT2D eigenvalue weighted by Crippen LogP contribution is 2.19. The maximum Gasteiger partial charge on any atom is 0.293 e. The summed E-state index contributed by atoms with van der Waals surface area (Å²) in [4.78, 5) is 19.0. The molecule has 5 heteroatoms. The van der Waals surface area contributed by atoms with E-state index in [2.05, 4.69) is 17.0 Å². The number of hydrogen-bond acceptors (Lipinski definition) is 3. The summed E-state index contributed by atoms with van der Waals surface area (Å²) in [6.45, 7) is 6.82. The molecular formula is C17H22N4O. The largest absolute Gasteiger partial charge is 0.333 e. The molecule has 5 nitrogen and oxygen atoms in total. The molecule has 1 aliphatic heterocycles. The molecule has 22 heavy (non-hydrogen) atoms. The van der Waals surface area contributed by atoms with E-state index < -0.39 is 0 Å². The SMILES string of the molecule is Cc1ccccc1-n1nc(C(=O)N2CCCCC2C)nc1C. The molecule has 0 N–H and O–H groups in total. The monoisotopic (exact) mass is 298 g/mol. The summed E-state index contributed by atoms with van der Waals surface area (Å²) in [6.07, 6.45) is 3.31. The van der Waals surface area contributed by atoms with Gasteiger partial charge in [-0.2, -0.15) is 0 Å². The van der Waals surface area contributed by atoms with Gasteiger partial charge in [-0.25, -0.2) is 9.67 Å². The molecule has 2 aromatic rings. The van der Waals surface area contributed by atoms with Crippen molar-refractivity contribution in [3.8, 4) is 5.69 Å². The first-order valence-electron chi connectivity index (χ1n) is 7.88. The molecule has 0 saturated carbocycles. The Kier molecular flexibility index (Phi) is 3.96. The van der Waals surface area contributed by atoms with E-state index in [1.807, 2.05) is 43.0 Å². The molecule has 1 atom stereocenters. The lowest BCUT2D eigenvalue weighted by molar-refractivity contribution is 0.0623. The Labute approximate surface area is 131 Å². The number of hydrogen-bond donors (Lipinski definition) is 0. The summed E-state index contributed by atoms with van der Waals surface area (Å²) in [5.74, 6) is 0.986. The molecule has 2 heterocycles. The number of amides is 1. The Morgan fingerprint density at radius 1 is 1.23 bits per heavy atom. The smallest absolute Gasteiger partial charge is 0.293 e. The number of carbonyl (C=O) groups is 1. The van der Waals surface area contributed by atoms with E-state index in [1.54, 1.807) is 4.68 Å². The Hall–Kier alpha value is -2.17. The van der Waals surface area contributed by atoms with Crippen LogP contribution in [0.25, 0.3) is 5.69 Å². The van der Waals surface area contributed by atoms with Crippen molar-refractivity contribution in [1.82, 2.24) is 19.7 Å². The molecule has 1 saturated heterocycles. The van der Waals surface area contributed by atoms with Crippen molar-refractivity contribution < 1.29 is 4.79 Å². The van der Waals surface area contributed by atoms with Crippen molar-refractivity contribution in [2.45, 2.75) is 46.1 Å². The third-order valence-electron chi connectivity index (χ3n) is 4.37. The minimum atomic E-state index is -0.0531. The zero-order chi connectivity index (χ0) is 15.7. The summed E-state index contributed by atoms with van der Waals surface area (Å²) >= 11 is 0. The molecule has 1 aliphatic rings. The van der Waals surface area contributed by atoms with Crippen molar-refractivity contribution in [3.63, 3.8) is 0 Å². The topological polar surface area (TPSA) is 51.0 Å². The van der Waals surface area contributed by atoms with Gasteiger partial charge in [0.1, 0.15) is 5.82 Å². The lowest BCUT2D eigenvalue weighted by Crippen LogP contribution is -2.42. The number of rotatable bonds is 2. The third-order valence-corrected chi connectivity index (χ3v) is 4.37. The van der Waals surface area contributed by atoms with Gasteiger partial charge in [0.15, 0.2) is 0 Å². The first-order valence-corrected chi connectivity index (χ1v) is 7.88. The van der Waals surface area contributed by atoms with Crippen molar-refractivity contribution >= 4 is 5.91 Å². The number of nitrogens with zero attached hydrogens (tertiary/aromatic N) is 4. The molecule has 1 aromatic heterocycles. The van der Waals surface area contributed by atoms with Crippen LogP contribution in [0.15, 0.2) is 24.3 Å². The van der Waals surface area contributed by atoms with E-state index in [4.69, 9.17) is 0 Å². The number of piperidine rings is 1. The number of likely N-dealkylation sites (tertiary alicyclic amines) is 1. The molecule has 1 amide bonds. The summed E-state index contributed by atoms with van der Waals surface area (Å²) in [5, 5.41) is 4.46. The minimum absolute atomic E-state index is 0.0531. The maximum absolute atomic E-state index is 12.7. The molecule has 3 rings (SSSR count). The van der Waals surface area contributed by atoms with Crippen LogP contribution in [-0.4, -0.2) is 38.2 Å². The highest BCUT2D eigenvalue weighted by molar-refractivity contribution is 5.90. The second-order valence-electron chi connectivity index (χ2n) is 6.02. The fraction of sp³-hybridized carbons (Fsp3) is 0.471. The predicted octanol–water partition coefficient (Wildman–Crippen LogP) is 2.90. The molecule has 1 unspecified atom stereocenters. The Morgan fingerprint density at radius 2 is 2.00 bits per heavy atom. The van der Waals surface area contributed by atoms with Crippen LogP contribution in [-0.2, 0) is 0 Å². The standard InChI is InChI=1S/C17H22N4O/c1-12-8-4-5-10-15(12)21-14(3)18-16(19-21)17(22)20-11-7-6-9-13(20)2/h4-5,8,10,13H,6-7,9,11H2,1-3H3. The number of aromatic nitrogens is 3. The first kappa shape index (κ1) is 14.8. The molecule has 116 valence electrons. The van der Waals surface area contributed by atoms with Gasteiger partial charge < -0.3 is 4.90 Å². The van der Waals surface area contributed by atoms with Crippen molar-refractivity contribution in [2.75, 3.05) is 6.54 Å². The van der Waals surface area contributed by atoms with E-state index in [1.165, 1.54) is 6.42 Å². The van der Waals surface area contributed by atoms with Crippen LogP contribution in [0.2, 0.25) is 0 Å². The lowest BCUT2D eigenvalue weighted by Gasteiger charge is -2.32. The number of carbonyl (C=O) groups excluding carboxylic acids is 1. The molecule has 0 aliphatic carbocycles. The second kappa shape index (κ2) is 5.91. The summed E-state index contributed by atoms with van der Waals surface area (Å²) in [5.41, 5.74) is 2.08. The van der Waals surface area contributed by atoms with Crippen molar-refractivity contribution in [1.29, 1.82) is 0 Å². The van der Waals surface area contributed by atoms with Crippen molar-refractivity contribution in [3.05, 3.63) is 41.5 Å². The van der Waals surface area contributed by atoms with E-state index in [0.717, 1.165) is 36.5 Å². The van der Waals surface area contributed by atoms with Gasteiger partial charge in [0.05, 0.1) is 5.69 Å². The summed E-state index contributed by atoms with van der Waals surface area (Å²) in [6, 6.07) is 8.26. The molecular weight excluding hydrogens is 276 g/mol. The van der Waals surface area contributed by atoms with Crippen LogP contribution in [0.1, 0.15) is 48.2 Å².